The predicted octanol–water partition coefficient (Wildman–Crippen LogP) is -0.212. The smallest absolute Gasteiger partial charge is 0.304 e. The van der Waals surface area contributed by atoms with Gasteiger partial charge in [-0.15, -0.1) is 0 Å². The fourth-order valence-electron chi connectivity index (χ4n) is 1.40. The van der Waals surface area contributed by atoms with Crippen molar-refractivity contribution >= 4 is 23.5 Å². The van der Waals surface area contributed by atoms with E-state index < -0.39 is 11.9 Å². The quantitative estimate of drug-likeness (QED) is 0.508. The SMILES string of the molecule is NC(=O)c1ccccc1NC(=O)CNCCC(=O)O. The minimum Gasteiger partial charge on any atom is -0.481 e. The van der Waals surface area contributed by atoms with Gasteiger partial charge in [-0.2, -0.15) is 0 Å². The van der Waals surface area contributed by atoms with Crippen molar-refractivity contribution in [3.05, 3.63) is 29.8 Å². The fraction of sp³-hybridized carbons (Fsp3) is 0.250. The minimum atomic E-state index is -0.938. The van der Waals surface area contributed by atoms with Crippen LogP contribution in [0.25, 0.3) is 0 Å². The molecule has 0 aromatic heterocycles. The highest BCUT2D eigenvalue weighted by Crippen LogP contribution is 2.13. The second-order valence-electron chi connectivity index (χ2n) is 3.78. The van der Waals surface area contributed by atoms with Crippen LogP contribution in [0.2, 0.25) is 0 Å². The van der Waals surface area contributed by atoms with Crippen molar-refractivity contribution in [1.29, 1.82) is 0 Å². The molecule has 0 radical (unpaired) electrons. The molecule has 0 spiro atoms. The second kappa shape index (κ2) is 7.12. The highest BCUT2D eigenvalue weighted by Gasteiger charge is 2.09. The van der Waals surface area contributed by atoms with Crippen LogP contribution in [-0.4, -0.2) is 36.0 Å². The number of aliphatic carboxylic acids is 1. The summed E-state index contributed by atoms with van der Waals surface area (Å²) in [5.41, 5.74) is 5.73. The third-order valence-electron chi connectivity index (χ3n) is 2.27. The van der Waals surface area contributed by atoms with E-state index in [0.717, 1.165) is 0 Å². The van der Waals surface area contributed by atoms with Gasteiger partial charge in [0.25, 0.3) is 5.91 Å². The largest absolute Gasteiger partial charge is 0.481 e. The van der Waals surface area contributed by atoms with E-state index in [-0.39, 0.29) is 31.0 Å². The normalized spacial score (nSPS) is 9.89. The Hall–Kier alpha value is -2.41. The van der Waals surface area contributed by atoms with Crippen LogP contribution in [0.1, 0.15) is 16.8 Å². The number of nitrogens with two attached hydrogens (primary N) is 1. The molecule has 1 rings (SSSR count). The van der Waals surface area contributed by atoms with E-state index in [9.17, 15) is 14.4 Å². The number of para-hydroxylation sites is 1. The number of hydrogen-bond donors (Lipinski definition) is 4. The molecule has 7 heteroatoms. The number of benzene rings is 1. The number of carboxylic acids is 1. The molecule has 5 N–H and O–H groups in total. The number of carbonyl (C=O) groups is 3. The Balaban J connectivity index is 2.48. The van der Waals surface area contributed by atoms with Gasteiger partial charge in [0.1, 0.15) is 0 Å². The molecule has 0 aliphatic heterocycles. The fourth-order valence-corrected chi connectivity index (χ4v) is 1.40. The van der Waals surface area contributed by atoms with E-state index in [4.69, 9.17) is 10.8 Å². The number of carboxylic acid groups (broad SMARTS) is 1. The molecule has 0 saturated carbocycles. The first kappa shape index (κ1) is 14.7. The van der Waals surface area contributed by atoms with Gasteiger partial charge in [0.05, 0.1) is 24.2 Å². The summed E-state index contributed by atoms with van der Waals surface area (Å²) < 4.78 is 0. The monoisotopic (exact) mass is 265 g/mol. The predicted molar refractivity (Wildman–Crippen MR) is 68.7 cm³/mol. The maximum Gasteiger partial charge on any atom is 0.304 e. The first-order chi connectivity index (χ1) is 9.00. The van der Waals surface area contributed by atoms with Gasteiger partial charge >= 0.3 is 5.97 Å². The van der Waals surface area contributed by atoms with Crippen molar-refractivity contribution in [1.82, 2.24) is 5.32 Å². The maximum absolute atomic E-state index is 11.6. The van der Waals surface area contributed by atoms with Gasteiger partial charge in [-0.25, -0.2) is 0 Å². The summed E-state index contributed by atoms with van der Waals surface area (Å²) in [6.07, 6.45) is -0.0643. The summed E-state index contributed by atoms with van der Waals surface area (Å²) >= 11 is 0. The minimum absolute atomic E-state index is 0.0413. The summed E-state index contributed by atoms with van der Waals surface area (Å²) in [5.74, 6) is -1.94. The zero-order valence-corrected chi connectivity index (χ0v) is 10.2. The van der Waals surface area contributed by atoms with E-state index in [1.807, 2.05) is 0 Å². The lowest BCUT2D eigenvalue weighted by atomic mass is 10.1. The van der Waals surface area contributed by atoms with Gasteiger partial charge in [-0.05, 0) is 12.1 Å². The lowest BCUT2D eigenvalue weighted by molar-refractivity contribution is -0.137. The van der Waals surface area contributed by atoms with E-state index >= 15 is 0 Å². The molecule has 2 amide bonds. The van der Waals surface area contributed by atoms with Gasteiger partial charge in [0, 0.05) is 6.54 Å². The lowest BCUT2D eigenvalue weighted by Crippen LogP contribution is -2.30. The highest BCUT2D eigenvalue weighted by molar-refractivity contribution is 6.03. The third kappa shape index (κ3) is 5.17. The van der Waals surface area contributed by atoms with E-state index in [2.05, 4.69) is 10.6 Å². The van der Waals surface area contributed by atoms with Crippen LogP contribution in [0.15, 0.2) is 24.3 Å². The summed E-state index contributed by atoms with van der Waals surface area (Å²) in [7, 11) is 0. The molecule has 1 aromatic rings. The van der Waals surface area contributed by atoms with Crippen molar-refractivity contribution in [3.8, 4) is 0 Å². The molecule has 0 heterocycles. The van der Waals surface area contributed by atoms with E-state index in [0.29, 0.717) is 5.69 Å². The molecule has 19 heavy (non-hydrogen) atoms. The molecule has 0 aliphatic rings. The van der Waals surface area contributed by atoms with Gasteiger partial charge in [0.15, 0.2) is 0 Å². The van der Waals surface area contributed by atoms with Crippen molar-refractivity contribution in [2.24, 2.45) is 5.73 Å². The van der Waals surface area contributed by atoms with Crippen LogP contribution in [-0.2, 0) is 9.59 Å². The average molecular weight is 265 g/mol. The zero-order valence-electron chi connectivity index (χ0n) is 10.2. The first-order valence-electron chi connectivity index (χ1n) is 5.62. The number of hydrogen-bond acceptors (Lipinski definition) is 4. The zero-order chi connectivity index (χ0) is 14.3. The Bertz CT molecular complexity index is 488. The summed E-state index contributed by atoms with van der Waals surface area (Å²) in [5, 5.41) is 13.6. The standard InChI is InChI=1S/C12H15N3O4/c13-12(19)8-3-1-2-4-9(8)15-10(16)7-14-6-5-11(17)18/h1-4,14H,5-7H2,(H2,13,19)(H,15,16)(H,17,18). The third-order valence-corrected chi connectivity index (χ3v) is 2.27. The molecule has 7 nitrogen and oxygen atoms in total. The van der Waals surface area contributed by atoms with Crippen LogP contribution in [0, 0.1) is 0 Å². The molecule has 0 atom stereocenters. The Kier molecular flexibility index (Phi) is 5.49. The van der Waals surface area contributed by atoms with Crippen molar-refractivity contribution in [2.75, 3.05) is 18.4 Å². The number of anilines is 1. The van der Waals surface area contributed by atoms with Gasteiger partial charge < -0.3 is 21.5 Å². The maximum atomic E-state index is 11.6. The Morgan fingerprint density at radius 3 is 2.53 bits per heavy atom. The van der Waals surface area contributed by atoms with Crippen LogP contribution in [0.3, 0.4) is 0 Å². The average Bonchev–Trinajstić information content (AvgIpc) is 2.35. The Morgan fingerprint density at radius 2 is 1.89 bits per heavy atom. The summed E-state index contributed by atoms with van der Waals surface area (Å²) in [4.78, 5) is 33.0. The first-order valence-corrected chi connectivity index (χ1v) is 5.62. The number of rotatable bonds is 7. The highest BCUT2D eigenvalue weighted by atomic mass is 16.4. The Morgan fingerprint density at radius 1 is 1.21 bits per heavy atom. The molecule has 0 fully saturated rings. The number of amides is 2. The van der Waals surface area contributed by atoms with Crippen LogP contribution in [0.4, 0.5) is 5.69 Å². The summed E-state index contributed by atoms with van der Waals surface area (Å²) in [6, 6.07) is 6.38. The number of primary amides is 1. The topological polar surface area (TPSA) is 122 Å². The van der Waals surface area contributed by atoms with Crippen LogP contribution in [0.5, 0.6) is 0 Å². The number of carbonyl (C=O) groups excluding carboxylic acids is 2. The summed E-state index contributed by atoms with van der Waals surface area (Å²) in [6.45, 7) is 0.153. The van der Waals surface area contributed by atoms with Crippen molar-refractivity contribution < 1.29 is 19.5 Å². The number of nitrogens with one attached hydrogen (secondary N) is 2. The van der Waals surface area contributed by atoms with Gasteiger partial charge in [-0.3, -0.25) is 14.4 Å². The van der Waals surface area contributed by atoms with Crippen LogP contribution >= 0.6 is 0 Å². The van der Waals surface area contributed by atoms with Crippen LogP contribution < -0.4 is 16.4 Å². The van der Waals surface area contributed by atoms with Gasteiger partial charge in [-0.1, -0.05) is 12.1 Å². The molecular weight excluding hydrogens is 250 g/mol. The molecule has 0 aliphatic carbocycles. The molecule has 102 valence electrons. The van der Waals surface area contributed by atoms with Crippen molar-refractivity contribution in [3.63, 3.8) is 0 Å². The van der Waals surface area contributed by atoms with E-state index in [1.54, 1.807) is 18.2 Å². The molecular formula is C12H15N3O4. The molecule has 0 unspecified atom stereocenters. The second-order valence-corrected chi connectivity index (χ2v) is 3.78. The van der Waals surface area contributed by atoms with E-state index in [1.165, 1.54) is 6.07 Å². The van der Waals surface area contributed by atoms with Crippen molar-refractivity contribution in [2.45, 2.75) is 6.42 Å². The molecule has 0 bridgehead atoms. The lowest BCUT2D eigenvalue weighted by Gasteiger charge is -2.09. The Labute approximate surface area is 109 Å². The van der Waals surface area contributed by atoms with Gasteiger partial charge in [0.2, 0.25) is 5.91 Å². The molecule has 1 aromatic carbocycles. The molecule has 0 saturated heterocycles.